The van der Waals surface area contributed by atoms with E-state index in [0.717, 1.165) is 0 Å². The van der Waals surface area contributed by atoms with E-state index < -0.39 is 11.5 Å². The number of carbonyl (C=O) groups excluding carboxylic acids is 2. The second-order valence-corrected chi connectivity index (χ2v) is 4.15. The van der Waals surface area contributed by atoms with Crippen LogP contribution in [0.2, 0.25) is 0 Å². The summed E-state index contributed by atoms with van der Waals surface area (Å²) in [5.41, 5.74) is 4.23. The van der Waals surface area contributed by atoms with Gasteiger partial charge in [0.2, 0.25) is 11.7 Å². The molecule has 0 aliphatic heterocycles. The Labute approximate surface area is 104 Å². The monoisotopic (exact) mass is 247 g/mol. The molecule has 0 unspecified atom stereocenters. The number of benzene rings is 1. The summed E-state index contributed by atoms with van der Waals surface area (Å²) in [6, 6.07) is 6.54. The van der Waals surface area contributed by atoms with Gasteiger partial charge in [0, 0.05) is 5.56 Å². The van der Waals surface area contributed by atoms with Crippen molar-refractivity contribution in [1.82, 2.24) is 0 Å². The molecule has 0 fully saturated rings. The number of carbonyl (C=O) groups is 2. The molecule has 5 heteroatoms. The number of nitrogens with two attached hydrogens (primary N) is 1. The molecular formula is C13H13NO4. The molecule has 0 saturated carbocycles. The highest BCUT2D eigenvalue weighted by Crippen LogP contribution is 2.36. The lowest BCUT2D eigenvalue weighted by atomic mass is 9.80. The molecule has 5 nitrogen and oxygen atoms in total. The minimum atomic E-state index is -1.60. The third-order valence-corrected chi connectivity index (χ3v) is 2.90. The largest absolute Gasteiger partial charge is 0.493 e. The molecule has 0 radical (unpaired) electrons. The van der Waals surface area contributed by atoms with Crippen molar-refractivity contribution in [3.63, 3.8) is 0 Å². The summed E-state index contributed by atoms with van der Waals surface area (Å²) in [5, 5.41) is 10.5. The number of Topliss-reactive ketones (excluding diaryl/α,β-unsaturated/α-hetero) is 1. The Hall–Kier alpha value is -2.14. The zero-order valence-electron chi connectivity index (χ0n) is 9.84. The standard InChI is InChI=1S/C13H13NO4/c1-18-10-6-13(17,7-11(14)15)9-5-3-2-4-8(9)12(10)16/h2-6,17H,7H2,1H3,(H2,14,15)/t13-/m1/s1. The maximum absolute atomic E-state index is 12.0. The molecule has 1 amide bonds. The van der Waals surface area contributed by atoms with Crippen LogP contribution in [-0.4, -0.2) is 23.9 Å². The molecule has 1 atom stereocenters. The molecule has 1 aliphatic rings. The molecular weight excluding hydrogens is 234 g/mol. The first-order valence-electron chi connectivity index (χ1n) is 5.39. The van der Waals surface area contributed by atoms with Gasteiger partial charge >= 0.3 is 0 Å². The minimum absolute atomic E-state index is 0.0115. The first kappa shape index (κ1) is 12.3. The van der Waals surface area contributed by atoms with Gasteiger partial charge in [-0.3, -0.25) is 9.59 Å². The first-order chi connectivity index (χ1) is 8.48. The van der Waals surface area contributed by atoms with Crippen LogP contribution < -0.4 is 5.73 Å². The van der Waals surface area contributed by atoms with E-state index in [9.17, 15) is 14.7 Å². The predicted octanol–water partition coefficient (Wildman–Crippen LogP) is 0.476. The number of ketones is 1. The van der Waals surface area contributed by atoms with Gasteiger partial charge in [0.25, 0.3) is 0 Å². The van der Waals surface area contributed by atoms with Crippen molar-refractivity contribution >= 4 is 11.7 Å². The number of aliphatic hydroxyl groups is 1. The number of allylic oxidation sites excluding steroid dienone is 1. The van der Waals surface area contributed by atoms with Crippen LogP contribution in [0.3, 0.4) is 0 Å². The minimum Gasteiger partial charge on any atom is -0.493 e. The zero-order chi connectivity index (χ0) is 13.3. The van der Waals surface area contributed by atoms with Crippen LogP contribution in [-0.2, 0) is 15.1 Å². The second kappa shape index (κ2) is 4.27. The highest BCUT2D eigenvalue weighted by molar-refractivity contribution is 6.10. The second-order valence-electron chi connectivity index (χ2n) is 4.15. The third-order valence-electron chi connectivity index (χ3n) is 2.90. The van der Waals surface area contributed by atoms with Gasteiger partial charge in [-0.15, -0.1) is 0 Å². The van der Waals surface area contributed by atoms with Crippen molar-refractivity contribution in [2.45, 2.75) is 12.0 Å². The Morgan fingerprint density at radius 1 is 1.44 bits per heavy atom. The molecule has 3 N–H and O–H groups in total. The van der Waals surface area contributed by atoms with E-state index in [0.29, 0.717) is 11.1 Å². The number of hydrogen-bond donors (Lipinski definition) is 2. The SMILES string of the molecule is COC1=C[C@@](O)(CC(N)=O)c2ccccc2C1=O. The molecule has 18 heavy (non-hydrogen) atoms. The van der Waals surface area contributed by atoms with Crippen LogP contribution >= 0.6 is 0 Å². The van der Waals surface area contributed by atoms with E-state index in [1.54, 1.807) is 24.3 Å². The number of amides is 1. The summed E-state index contributed by atoms with van der Waals surface area (Å²) in [5.74, 6) is -0.965. The number of methoxy groups -OCH3 is 1. The maximum Gasteiger partial charge on any atom is 0.227 e. The molecule has 0 heterocycles. The van der Waals surface area contributed by atoms with Crippen molar-refractivity contribution in [1.29, 1.82) is 0 Å². The van der Waals surface area contributed by atoms with Gasteiger partial charge in [-0.05, 0) is 11.6 Å². The smallest absolute Gasteiger partial charge is 0.227 e. The van der Waals surface area contributed by atoms with Crippen molar-refractivity contribution in [3.8, 4) is 0 Å². The summed E-state index contributed by atoms with van der Waals surface area (Å²) < 4.78 is 4.94. The lowest BCUT2D eigenvalue weighted by Gasteiger charge is -2.30. The fourth-order valence-corrected chi connectivity index (χ4v) is 2.12. The number of rotatable bonds is 3. The van der Waals surface area contributed by atoms with E-state index in [2.05, 4.69) is 0 Å². The lowest BCUT2D eigenvalue weighted by Crippen LogP contribution is -2.35. The third kappa shape index (κ3) is 1.89. The van der Waals surface area contributed by atoms with E-state index in [-0.39, 0.29) is 18.0 Å². The summed E-state index contributed by atoms with van der Waals surface area (Å²) in [7, 11) is 1.34. The maximum atomic E-state index is 12.0. The molecule has 0 aromatic heterocycles. The van der Waals surface area contributed by atoms with Crippen molar-refractivity contribution in [2.75, 3.05) is 7.11 Å². The molecule has 2 rings (SSSR count). The summed E-state index contributed by atoms with van der Waals surface area (Å²) in [4.78, 5) is 23.1. The van der Waals surface area contributed by atoms with Gasteiger partial charge in [0.15, 0.2) is 5.76 Å². The molecule has 94 valence electrons. The first-order valence-corrected chi connectivity index (χ1v) is 5.39. The Morgan fingerprint density at radius 2 is 2.11 bits per heavy atom. The van der Waals surface area contributed by atoms with E-state index in [1.807, 2.05) is 0 Å². The Morgan fingerprint density at radius 3 is 2.72 bits per heavy atom. The van der Waals surface area contributed by atoms with Crippen LogP contribution in [0.15, 0.2) is 36.1 Å². The average Bonchev–Trinajstić information content (AvgIpc) is 2.33. The van der Waals surface area contributed by atoms with Crippen LogP contribution in [0, 0.1) is 0 Å². The van der Waals surface area contributed by atoms with Crippen molar-refractivity contribution < 1.29 is 19.4 Å². The Kier molecular flexibility index (Phi) is 2.92. The van der Waals surface area contributed by atoms with Crippen LogP contribution in [0.1, 0.15) is 22.3 Å². The van der Waals surface area contributed by atoms with Crippen molar-refractivity contribution in [2.24, 2.45) is 5.73 Å². The zero-order valence-corrected chi connectivity index (χ0v) is 9.84. The van der Waals surface area contributed by atoms with Gasteiger partial charge in [-0.25, -0.2) is 0 Å². The van der Waals surface area contributed by atoms with Gasteiger partial charge in [0.1, 0.15) is 5.60 Å². The van der Waals surface area contributed by atoms with Gasteiger partial charge < -0.3 is 15.6 Å². The van der Waals surface area contributed by atoms with Gasteiger partial charge in [-0.1, -0.05) is 24.3 Å². The highest BCUT2D eigenvalue weighted by Gasteiger charge is 2.39. The number of ether oxygens (including phenoxy) is 1. The summed E-state index contributed by atoms with van der Waals surface area (Å²) in [6.45, 7) is 0. The fraction of sp³-hybridized carbons (Fsp3) is 0.231. The summed E-state index contributed by atoms with van der Waals surface area (Å²) in [6.07, 6.45) is 0.937. The van der Waals surface area contributed by atoms with E-state index >= 15 is 0 Å². The van der Waals surface area contributed by atoms with Crippen molar-refractivity contribution in [3.05, 3.63) is 47.2 Å². The number of fused-ring (bicyclic) bond motifs is 1. The molecule has 0 saturated heterocycles. The number of hydrogen-bond acceptors (Lipinski definition) is 4. The molecule has 0 spiro atoms. The normalized spacial score (nSPS) is 22.1. The Balaban J connectivity index is 2.61. The van der Waals surface area contributed by atoms with E-state index in [1.165, 1.54) is 13.2 Å². The average molecular weight is 247 g/mol. The van der Waals surface area contributed by atoms with Gasteiger partial charge in [0.05, 0.1) is 13.5 Å². The van der Waals surface area contributed by atoms with Gasteiger partial charge in [-0.2, -0.15) is 0 Å². The fourth-order valence-electron chi connectivity index (χ4n) is 2.12. The Bertz CT molecular complexity index is 550. The lowest BCUT2D eigenvalue weighted by molar-refractivity contribution is -0.121. The molecule has 1 aliphatic carbocycles. The molecule has 1 aromatic rings. The quantitative estimate of drug-likeness (QED) is 0.812. The molecule has 1 aromatic carbocycles. The van der Waals surface area contributed by atoms with Crippen LogP contribution in [0.5, 0.6) is 0 Å². The highest BCUT2D eigenvalue weighted by atomic mass is 16.5. The van der Waals surface area contributed by atoms with E-state index in [4.69, 9.17) is 10.5 Å². The molecule has 0 bridgehead atoms. The topological polar surface area (TPSA) is 89.6 Å². The van der Waals surface area contributed by atoms with Crippen LogP contribution in [0.4, 0.5) is 0 Å². The predicted molar refractivity (Wildman–Crippen MR) is 63.6 cm³/mol. The summed E-state index contributed by atoms with van der Waals surface area (Å²) >= 11 is 0. The number of primary amides is 1. The van der Waals surface area contributed by atoms with Crippen LogP contribution in [0.25, 0.3) is 0 Å².